The summed E-state index contributed by atoms with van der Waals surface area (Å²) in [4.78, 5) is 25.3. The fourth-order valence-corrected chi connectivity index (χ4v) is 5.02. The second kappa shape index (κ2) is 7.12. The Labute approximate surface area is 168 Å². The van der Waals surface area contributed by atoms with Crippen molar-refractivity contribution in [3.8, 4) is 0 Å². The number of amides is 3. The molecule has 3 rings (SSSR count). The van der Waals surface area contributed by atoms with E-state index in [4.69, 9.17) is 0 Å². The predicted molar refractivity (Wildman–Crippen MR) is 111 cm³/mol. The maximum Gasteiger partial charge on any atom is 0.322 e. The van der Waals surface area contributed by atoms with E-state index in [2.05, 4.69) is 52.7 Å². The highest BCUT2D eigenvalue weighted by molar-refractivity contribution is 9.10. The lowest BCUT2D eigenvalue weighted by Gasteiger charge is -2.41. The summed E-state index contributed by atoms with van der Waals surface area (Å²) in [5.41, 5.74) is 2.78. The molecule has 1 aromatic rings. The number of fused-ring (bicyclic) bond motifs is 2. The summed E-state index contributed by atoms with van der Waals surface area (Å²) in [6.45, 7) is 11.9. The van der Waals surface area contributed by atoms with Gasteiger partial charge in [0.25, 0.3) is 5.91 Å². The minimum Gasteiger partial charge on any atom is -0.319 e. The van der Waals surface area contributed by atoms with Crippen LogP contribution in [0.1, 0.15) is 44.2 Å². The zero-order valence-corrected chi connectivity index (χ0v) is 17.4. The lowest BCUT2D eigenvalue weighted by Crippen LogP contribution is -2.55. The minimum atomic E-state index is -1.04. The molecule has 1 heterocycles. The van der Waals surface area contributed by atoms with Gasteiger partial charge in [-0.3, -0.25) is 10.1 Å². The minimum absolute atomic E-state index is 0.254. The van der Waals surface area contributed by atoms with Crippen molar-refractivity contribution in [3.05, 3.63) is 70.3 Å². The fraction of sp³-hybridized carbons (Fsp3) is 0.364. The molecule has 1 aliphatic heterocycles. The molecule has 1 aromatic carbocycles. The van der Waals surface area contributed by atoms with Crippen molar-refractivity contribution < 1.29 is 9.59 Å². The van der Waals surface area contributed by atoms with Gasteiger partial charge in [-0.25, -0.2) is 4.79 Å². The molecule has 1 fully saturated rings. The maximum absolute atomic E-state index is 13.1. The molecule has 4 nitrogen and oxygen atoms in total. The number of nitrogens with one attached hydrogen (secondary N) is 2. The number of hydrogen-bond donors (Lipinski definition) is 2. The molecule has 142 valence electrons. The second-order valence-electron chi connectivity index (χ2n) is 7.39. The SMILES string of the molecule is C=C/C(C)=C(\C=C)CCC1(CC)Cc2ccc(Br)cc2C12NC(=O)NC2=O. The van der Waals surface area contributed by atoms with E-state index in [-0.39, 0.29) is 5.91 Å². The third kappa shape index (κ3) is 2.89. The predicted octanol–water partition coefficient (Wildman–Crippen LogP) is 4.91. The van der Waals surface area contributed by atoms with Crippen LogP contribution in [0.4, 0.5) is 4.79 Å². The Morgan fingerprint density at radius 1 is 1.30 bits per heavy atom. The van der Waals surface area contributed by atoms with Gasteiger partial charge >= 0.3 is 6.03 Å². The zero-order valence-electron chi connectivity index (χ0n) is 15.8. The molecule has 2 unspecified atom stereocenters. The summed E-state index contributed by atoms with van der Waals surface area (Å²) in [6.07, 6.45) is 6.74. The van der Waals surface area contributed by atoms with Crippen molar-refractivity contribution in [2.75, 3.05) is 0 Å². The van der Waals surface area contributed by atoms with Crippen molar-refractivity contribution in [2.45, 2.75) is 45.1 Å². The van der Waals surface area contributed by atoms with E-state index in [1.807, 2.05) is 31.2 Å². The van der Waals surface area contributed by atoms with Gasteiger partial charge in [0, 0.05) is 9.89 Å². The first-order valence-electron chi connectivity index (χ1n) is 9.20. The van der Waals surface area contributed by atoms with Crippen molar-refractivity contribution in [1.29, 1.82) is 0 Å². The molecule has 2 aliphatic rings. The smallest absolute Gasteiger partial charge is 0.319 e. The summed E-state index contributed by atoms with van der Waals surface area (Å²) in [5, 5.41) is 5.49. The third-order valence-electron chi connectivity index (χ3n) is 6.28. The molecule has 0 saturated carbocycles. The Hall–Kier alpha value is -2.14. The Morgan fingerprint density at radius 3 is 2.59 bits per heavy atom. The van der Waals surface area contributed by atoms with Crippen LogP contribution in [0.2, 0.25) is 0 Å². The van der Waals surface area contributed by atoms with E-state index in [0.717, 1.165) is 52.4 Å². The number of carbonyl (C=O) groups excluding carboxylic acids is 2. The molecule has 1 aliphatic carbocycles. The van der Waals surface area contributed by atoms with E-state index in [1.54, 1.807) is 0 Å². The summed E-state index contributed by atoms with van der Waals surface area (Å²) < 4.78 is 0.899. The van der Waals surface area contributed by atoms with E-state index in [0.29, 0.717) is 0 Å². The summed E-state index contributed by atoms with van der Waals surface area (Å²) >= 11 is 3.52. The number of rotatable bonds is 6. The highest BCUT2D eigenvalue weighted by Gasteiger charge is 2.64. The normalized spacial score (nSPS) is 27.1. The average molecular weight is 429 g/mol. The van der Waals surface area contributed by atoms with Crippen molar-refractivity contribution >= 4 is 27.9 Å². The van der Waals surface area contributed by atoms with Crippen LogP contribution in [0.15, 0.2) is 59.1 Å². The Kier molecular flexibility index (Phi) is 5.17. The van der Waals surface area contributed by atoms with E-state index < -0.39 is 17.0 Å². The van der Waals surface area contributed by atoms with Crippen molar-refractivity contribution in [3.63, 3.8) is 0 Å². The first kappa shape index (κ1) is 19.6. The summed E-state index contributed by atoms with van der Waals surface area (Å²) in [5.74, 6) is -0.254. The molecule has 2 N–H and O–H groups in total. The largest absolute Gasteiger partial charge is 0.322 e. The number of benzene rings is 1. The quantitative estimate of drug-likeness (QED) is 0.499. The van der Waals surface area contributed by atoms with Gasteiger partial charge in [0.05, 0.1) is 0 Å². The Morgan fingerprint density at radius 2 is 2.04 bits per heavy atom. The lowest BCUT2D eigenvalue weighted by atomic mass is 9.65. The summed E-state index contributed by atoms with van der Waals surface area (Å²) in [6, 6.07) is 5.59. The number of imide groups is 1. The number of allylic oxidation sites excluding steroid dienone is 4. The average Bonchev–Trinajstić information content (AvgIpc) is 3.10. The summed E-state index contributed by atoms with van der Waals surface area (Å²) in [7, 11) is 0. The number of hydrogen-bond acceptors (Lipinski definition) is 2. The lowest BCUT2D eigenvalue weighted by molar-refractivity contribution is -0.129. The van der Waals surface area contributed by atoms with E-state index in [1.165, 1.54) is 0 Å². The first-order chi connectivity index (χ1) is 12.8. The standard InChI is InChI=1S/C22H25BrN2O2/c1-5-14(4)15(6-2)10-11-21(7-3)13-16-8-9-17(23)12-18(16)22(21)19(26)24-20(27)25-22/h5-6,8-9,12H,1-2,7,10-11,13H2,3-4H3,(H2,24,25,26,27)/b15-14+. The molecule has 5 heteroatoms. The van der Waals surface area contributed by atoms with Gasteiger partial charge in [0.1, 0.15) is 0 Å². The van der Waals surface area contributed by atoms with Crippen LogP contribution in [0.3, 0.4) is 0 Å². The van der Waals surface area contributed by atoms with Gasteiger partial charge in [0.15, 0.2) is 5.54 Å². The monoisotopic (exact) mass is 428 g/mol. The maximum atomic E-state index is 13.1. The van der Waals surface area contributed by atoms with Crippen LogP contribution in [0, 0.1) is 5.41 Å². The number of carbonyl (C=O) groups is 2. The van der Waals surface area contributed by atoms with Gasteiger partial charge in [-0.2, -0.15) is 0 Å². The van der Waals surface area contributed by atoms with Crippen LogP contribution < -0.4 is 10.6 Å². The van der Waals surface area contributed by atoms with Gasteiger partial charge in [-0.1, -0.05) is 54.2 Å². The topological polar surface area (TPSA) is 58.2 Å². The van der Waals surface area contributed by atoms with Crippen LogP contribution in [0.5, 0.6) is 0 Å². The van der Waals surface area contributed by atoms with E-state index >= 15 is 0 Å². The van der Waals surface area contributed by atoms with Crippen LogP contribution in [-0.4, -0.2) is 11.9 Å². The highest BCUT2D eigenvalue weighted by Crippen LogP contribution is 2.57. The molecule has 1 spiro atoms. The molecule has 1 saturated heterocycles. The molecular weight excluding hydrogens is 404 g/mol. The molecule has 2 atom stereocenters. The Balaban J connectivity index is 2.11. The molecule has 0 aromatic heterocycles. The van der Waals surface area contributed by atoms with Gasteiger partial charge in [-0.15, -0.1) is 0 Å². The molecule has 0 bridgehead atoms. The molecule has 3 amide bonds. The van der Waals surface area contributed by atoms with E-state index in [9.17, 15) is 9.59 Å². The Bertz CT molecular complexity index is 873. The molecule has 0 radical (unpaired) electrons. The van der Waals surface area contributed by atoms with Gasteiger partial charge in [0.2, 0.25) is 0 Å². The van der Waals surface area contributed by atoms with Crippen molar-refractivity contribution in [1.82, 2.24) is 10.6 Å². The molecule has 27 heavy (non-hydrogen) atoms. The number of halogens is 1. The fourth-order valence-electron chi connectivity index (χ4n) is 4.66. The van der Waals surface area contributed by atoms with Gasteiger partial charge in [-0.05, 0) is 67.0 Å². The van der Waals surface area contributed by atoms with Crippen LogP contribution in [0.25, 0.3) is 0 Å². The third-order valence-corrected chi connectivity index (χ3v) is 6.77. The number of urea groups is 1. The van der Waals surface area contributed by atoms with Crippen LogP contribution >= 0.6 is 15.9 Å². The van der Waals surface area contributed by atoms with Gasteiger partial charge < -0.3 is 5.32 Å². The van der Waals surface area contributed by atoms with Crippen molar-refractivity contribution in [2.24, 2.45) is 5.41 Å². The first-order valence-corrected chi connectivity index (χ1v) is 10.00. The molecular formula is C22H25BrN2O2. The van der Waals surface area contributed by atoms with Crippen LogP contribution in [-0.2, 0) is 16.8 Å². The second-order valence-corrected chi connectivity index (χ2v) is 8.30. The zero-order chi connectivity index (χ0) is 19.8. The highest BCUT2D eigenvalue weighted by atomic mass is 79.9.